The van der Waals surface area contributed by atoms with Crippen molar-refractivity contribution in [3.63, 3.8) is 0 Å². The van der Waals surface area contributed by atoms with Gasteiger partial charge in [-0.2, -0.15) is 0 Å². The fourth-order valence-corrected chi connectivity index (χ4v) is 3.02. The standard InChI is InChI=1S/C7H12N2O2S2/c1-5(2)9-13(10,11)7-4-12-6(3)8-7/h4-5,9H,1-3H3. The van der Waals surface area contributed by atoms with Gasteiger partial charge in [-0.05, 0) is 20.8 Å². The first kappa shape index (κ1) is 10.6. The highest BCUT2D eigenvalue weighted by Crippen LogP contribution is 2.13. The van der Waals surface area contributed by atoms with Gasteiger partial charge >= 0.3 is 0 Å². The molecule has 0 spiro atoms. The van der Waals surface area contributed by atoms with Gasteiger partial charge in [0.1, 0.15) is 0 Å². The second kappa shape index (κ2) is 3.73. The number of sulfonamides is 1. The minimum atomic E-state index is -3.39. The van der Waals surface area contributed by atoms with E-state index in [1.54, 1.807) is 26.2 Å². The highest BCUT2D eigenvalue weighted by molar-refractivity contribution is 7.89. The average molecular weight is 220 g/mol. The van der Waals surface area contributed by atoms with Crippen LogP contribution in [-0.4, -0.2) is 19.4 Å². The fraction of sp³-hybridized carbons (Fsp3) is 0.571. The van der Waals surface area contributed by atoms with Crippen molar-refractivity contribution in [1.82, 2.24) is 9.71 Å². The molecule has 0 fully saturated rings. The van der Waals surface area contributed by atoms with Crippen molar-refractivity contribution >= 4 is 21.4 Å². The summed E-state index contributed by atoms with van der Waals surface area (Å²) in [7, 11) is -3.39. The summed E-state index contributed by atoms with van der Waals surface area (Å²) in [5, 5.41) is 2.41. The summed E-state index contributed by atoms with van der Waals surface area (Å²) in [6.07, 6.45) is 0. The van der Waals surface area contributed by atoms with Gasteiger partial charge in [-0.15, -0.1) is 11.3 Å². The number of thiazole rings is 1. The second-order valence-corrected chi connectivity index (χ2v) is 5.70. The van der Waals surface area contributed by atoms with E-state index in [1.807, 2.05) is 0 Å². The van der Waals surface area contributed by atoms with Crippen LogP contribution in [0.2, 0.25) is 0 Å². The predicted molar refractivity (Wildman–Crippen MR) is 52.3 cm³/mol. The normalized spacial score (nSPS) is 12.3. The molecule has 0 atom stereocenters. The molecule has 0 bridgehead atoms. The number of aryl methyl sites for hydroxylation is 1. The SMILES string of the molecule is Cc1nc(S(=O)(=O)NC(C)C)cs1. The van der Waals surface area contributed by atoms with Crippen molar-refractivity contribution in [2.45, 2.75) is 31.8 Å². The Morgan fingerprint density at radius 1 is 1.54 bits per heavy atom. The summed E-state index contributed by atoms with van der Waals surface area (Å²) < 4.78 is 25.4. The van der Waals surface area contributed by atoms with Crippen LogP contribution in [-0.2, 0) is 10.0 Å². The zero-order chi connectivity index (χ0) is 10.1. The van der Waals surface area contributed by atoms with Crippen molar-refractivity contribution < 1.29 is 8.42 Å². The highest BCUT2D eigenvalue weighted by atomic mass is 32.2. The molecule has 13 heavy (non-hydrogen) atoms. The van der Waals surface area contributed by atoms with Crippen LogP contribution < -0.4 is 4.72 Å². The maximum atomic E-state index is 11.5. The molecule has 0 saturated heterocycles. The fourth-order valence-electron chi connectivity index (χ4n) is 0.838. The lowest BCUT2D eigenvalue weighted by Gasteiger charge is -2.06. The van der Waals surface area contributed by atoms with Gasteiger partial charge in [0.15, 0.2) is 5.03 Å². The van der Waals surface area contributed by atoms with E-state index < -0.39 is 10.0 Å². The van der Waals surface area contributed by atoms with Crippen molar-refractivity contribution in [3.05, 3.63) is 10.4 Å². The third-order valence-electron chi connectivity index (χ3n) is 1.26. The molecular weight excluding hydrogens is 208 g/mol. The van der Waals surface area contributed by atoms with E-state index in [-0.39, 0.29) is 11.1 Å². The Labute approximate surface area is 82.1 Å². The zero-order valence-electron chi connectivity index (χ0n) is 7.73. The molecule has 4 nitrogen and oxygen atoms in total. The van der Waals surface area contributed by atoms with Crippen LogP contribution in [0.25, 0.3) is 0 Å². The van der Waals surface area contributed by atoms with E-state index in [1.165, 1.54) is 11.3 Å². The van der Waals surface area contributed by atoms with Gasteiger partial charge in [0.05, 0.1) is 5.01 Å². The molecule has 1 aromatic rings. The second-order valence-electron chi connectivity index (χ2n) is 2.98. The molecule has 6 heteroatoms. The van der Waals surface area contributed by atoms with Crippen molar-refractivity contribution in [2.24, 2.45) is 0 Å². The van der Waals surface area contributed by atoms with Crippen LogP contribution in [0, 0.1) is 6.92 Å². The molecule has 0 aromatic carbocycles. The molecule has 1 heterocycles. The molecule has 1 N–H and O–H groups in total. The summed E-state index contributed by atoms with van der Waals surface area (Å²) in [6.45, 7) is 5.33. The molecule has 1 rings (SSSR count). The van der Waals surface area contributed by atoms with E-state index >= 15 is 0 Å². The molecular formula is C7H12N2O2S2. The van der Waals surface area contributed by atoms with Crippen molar-refractivity contribution in [2.75, 3.05) is 0 Å². The molecule has 0 aliphatic heterocycles. The molecule has 0 saturated carbocycles. The van der Waals surface area contributed by atoms with Crippen LogP contribution in [0.3, 0.4) is 0 Å². The van der Waals surface area contributed by atoms with Crippen LogP contribution >= 0.6 is 11.3 Å². The van der Waals surface area contributed by atoms with E-state index in [2.05, 4.69) is 9.71 Å². The first-order chi connectivity index (χ1) is 5.92. The maximum absolute atomic E-state index is 11.5. The zero-order valence-corrected chi connectivity index (χ0v) is 9.37. The lowest BCUT2D eigenvalue weighted by molar-refractivity contribution is 0.566. The smallest absolute Gasteiger partial charge is 0.229 e. The Kier molecular flexibility index (Phi) is 3.05. The molecule has 74 valence electrons. The third-order valence-corrected chi connectivity index (χ3v) is 3.73. The number of nitrogens with one attached hydrogen (secondary N) is 1. The third kappa shape index (κ3) is 2.75. The van der Waals surface area contributed by atoms with Gasteiger partial charge < -0.3 is 0 Å². The summed E-state index contributed by atoms with van der Waals surface area (Å²) in [5.74, 6) is 0. The average Bonchev–Trinajstić information content (AvgIpc) is 2.32. The first-order valence-electron chi connectivity index (χ1n) is 3.86. The minimum absolute atomic E-state index is 0.105. The van der Waals surface area contributed by atoms with Crippen molar-refractivity contribution in [1.29, 1.82) is 0 Å². The van der Waals surface area contributed by atoms with Gasteiger partial charge in [0.2, 0.25) is 0 Å². The van der Waals surface area contributed by atoms with Gasteiger partial charge in [-0.25, -0.2) is 18.1 Å². The molecule has 0 aliphatic carbocycles. The van der Waals surface area contributed by atoms with Crippen LogP contribution in [0.5, 0.6) is 0 Å². The molecule has 0 radical (unpaired) electrons. The number of rotatable bonds is 3. The minimum Gasteiger partial charge on any atom is -0.229 e. The lowest BCUT2D eigenvalue weighted by Crippen LogP contribution is -2.30. The first-order valence-corrected chi connectivity index (χ1v) is 6.22. The molecule has 1 aromatic heterocycles. The molecule has 0 unspecified atom stereocenters. The summed E-state index contributed by atoms with van der Waals surface area (Å²) in [6, 6.07) is -0.105. The van der Waals surface area contributed by atoms with Gasteiger partial charge in [-0.1, -0.05) is 0 Å². The lowest BCUT2D eigenvalue weighted by atomic mass is 10.4. The Morgan fingerprint density at radius 2 is 2.15 bits per heavy atom. The van der Waals surface area contributed by atoms with E-state index in [0.29, 0.717) is 0 Å². The summed E-state index contributed by atoms with van der Waals surface area (Å²) in [4.78, 5) is 3.90. The summed E-state index contributed by atoms with van der Waals surface area (Å²) in [5.41, 5.74) is 0. The van der Waals surface area contributed by atoms with E-state index in [4.69, 9.17) is 0 Å². The predicted octanol–water partition coefficient (Wildman–Crippen LogP) is 1.14. The topological polar surface area (TPSA) is 59.1 Å². The van der Waals surface area contributed by atoms with Crippen LogP contribution in [0.1, 0.15) is 18.9 Å². The van der Waals surface area contributed by atoms with Crippen LogP contribution in [0.15, 0.2) is 10.4 Å². The van der Waals surface area contributed by atoms with E-state index in [9.17, 15) is 8.42 Å². The van der Waals surface area contributed by atoms with Gasteiger partial charge in [0.25, 0.3) is 10.0 Å². The summed E-state index contributed by atoms with van der Waals surface area (Å²) >= 11 is 1.33. The number of hydrogen-bond donors (Lipinski definition) is 1. The Bertz CT molecular complexity index is 381. The number of nitrogens with zero attached hydrogens (tertiary/aromatic N) is 1. The Balaban J connectivity index is 2.95. The van der Waals surface area contributed by atoms with Crippen LogP contribution in [0.4, 0.5) is 0 Å². The van der Waals surface area contributed by atoms with Gasteiger partial charge in [-0.3, -0.25) is 0 Å². The van der Waals surface area contributed by atoms with E-state index in [0.717, 1.165) is 5.01 Å². The Hall–Kier alpha value is -0.460. The quantitative estimate of drug-likeness (QED) is 0.831. The molecule has 0 aliphatic rings. The van der Waals surface area contributed by atoms with Gasteiger partial charge in [0, 0.05) is 11.4 Å². The number of hydrogen-bond acceptors (Lipinski definition) is 4. The monoisotopic (exact) mass is 220 g/mol. The maximum Gasteiger partial charge on any atom is 0.259 e. The molecule has 0 amide bonds. The van der Waals surface area contributed by atoms with Crippen molar-refractivity contribution in [3.8, 4) is 0 Å². The highest BCUT2D eigenvalue weighted by Gasteiger charge is 2.17. The Morgan fingerprint density at radius 3 is 2.54 bits per heavy atom. The number of aromatic nitrogens is 1. The largest absolute Gasteiger partial charge is 0.259 e.